The van der Waals surface area contributed by atoms with Gasteiger partial charge in [0.25, 0.3) is 0 Å². The van der Waals surface area contributed by atoms with E-state index in [4.69, 9.17) is 4.74 Å². The van der Waals surface area contributed by atoms with Gasteiger partial charge in [-0.05, 0) is 55.8 Å². The largest absolute Gasteiger partial charge is 0.494 e. The zero-order chi connectivity index (χ0) is 13.5. The predicted molar refractivity (Wildman–Crippen MR) is 80.9 cm³/mol. The third-order valence-electron chi connectivity index (χ3n) is 4.21. The molecule has 2 atom stereocenters. The lowest BCUT2D eigenvalue weighted by Gasteiger charge is -2.23. The van der Waals surface area contributed by atoms with Gasteiger partial charge in [0.1, 0.15) is 5.75 Å². The van der Waals surface area contributed by atoms with Crippen LogP contribution in [0, 0.1) is 0 Å². The summed E-state index contributed by atoms with van der Waals surface area (Å²) >= 11 is 0. The molecular weight excluding hydrogens is 234 g/mol. The Morgan fingerprint density at radius 3 is 2.68 bits per heavy atom. The zero-order valence-corrected chi connectivity index (χ0v) is 12.3. The molecule has 0 saturated carbocycles. The van der Waals surface area contributed by atoms with Crippen LogP contribution in [0.4, 0.5) is 0 Å². The van der Waals surface area contributed by atoms with Crippen LogP contribution in [0.5, 0.6) is 5.75 Å². The van der Waals surface area contributed by atoms with Gasteiger partial charge < -0.3 is 10.1 Å². The number of piperidine rings is 1. The molecule has 0 amide bonds. The molecule has 2 heteroatoms. The molecule has 0 aliphatic carbocycles. The highest BCUT2D eigenvalue weighted by molar-refractivity contribution is 5.29. The average Bonchev–Trinajstić information content (AvgIpc) is 2.48. The van der Waals surface area contributed by atoms with Gasteiger partial charge in [0.05, 0.1) is 6.61 Å². The minimum Gasteiger partial charge on any atom is -0.494 e. The second-order valence-corrected chi connectivity index (χ2v) is 5.66. The van der Waals surface area contributed by atoms with Gasteiger partial charge in [-0.3, -0.25) is 0 Å². The molecule has 1 fully saturated rings. The van der Waals surface area contributed by atoms with Gasteiger partial charge in [-0.2, -0.15) is 0 Å². The molecule has 1 aliphatic rings. The molecule has 0 spiro atoms. The van der Waals surface area contributed by atoms with Crippen molar-refractivity contribution in [3.05, 3.63) is 29.8 Å². The topological polar surface area (TPSA) is 21.3 Å². The van der Waals surface area contributed by atoms with Crippen molar-refractivity contribution in [1.29, 1.82) is 0 Å². The normalized spacial score (nSPS) is 21.1. The van der Waals surface area contributed by atoms with Crippen LogP contribution in [-0.4, -0.2) is 19.2 Å². The monoisotopic (exact) mass is 261 g/mol. The average molecular weight is 261 g/mol. The van der Waals surface area contributed by atoms with E-state index in [9.17, 15) is 0 Å². The summed E-state index contributed by atoms with van der Waals surface area (Å²) in [6.07, 6.45) is 6.30. The van der Waals surface area contributed by atoms with Crippen molar-refractivity contribution in [1.82, 2.24) is 5.32 Å². The van der Waals surface area contributed by atoms with Crippen molar-refractivity contribution in [2.75, 3.05) is 13.2 Å². The Balaban J connectivity index is 1.73. The molecule has 1 aliphatic heterocycles. The third-order valence-corrected chi connectivity index (χ3v) is 4.21. The summed E-state index contributed by atoms with van der Waals surface area (Å²) in [4.78, 5) is 0. The van der Waals surface area contributed by atoms with E-state index in [-0.39, 0.29) is 0 Å². The van der Waals surface area contributed by atoms with Crippen molar-refractivity contribution in [2.24, 2.45) is 0 Å². The first kappa shape index (κ1) is 14.4. The summed E-state index contributed by atoms with van der Waals surface area (Å²) < 4.78 is 5.84. The fourth-order valence-electron chi connectivity index (χ4n) is 2.62. The SMILES string of the molecule is CC[C@@H](C)c1ccc(OCC[C@H]2CCCCN2)cc1. The lowest BCUT2D eigenvalue weighted by Crippen LogP contribution is -2.35. The van der Waals surface area contributed by atoms with Gasteiger partial charge in [-0.25, -0.2) is 0 Å². The third kappa shape index (κ3) is 4.54. The number of hydrogen-bond donors (Lipinski definition) is 1. The molecule has 1 N–H and O–H groups in total. The molecule has 0 radical (unpaired) electrons. The summed E-state index contributed by atoms with van der Waals surface area (Å²) in [5, 5.41) is 3.56. The lowest BCUT2D eigenvalue weighted by molar-refractivity contribution is 0.268. The van der Waals surface area contributed by atoms with Crippen molar-refractivity contribution in [2.45, 2.75) is 57.9 Å². The maximum Gasteiger partial charge on any atom is 0.119 e. The van der Waals surface area contributed by atoms with E-state index < -0.39 is 0 Å². The van der Waals surface area contributed by atoms with Crippen LogP contribution >= 0.6 is 0 Å². The van der Waals surface area contributed by atoms with Gasteiger partial charge in [0.2, 0.25) is 0 Å². The van der Waals surface area contributed by atoms with Crippen molar-refractivity contribution in [3.63, 3.8) is 0 Å². The van der Waals surface area contributed by atoms with E-state index >= 15 is 0 Å². The summed E-state index contributed by atoms with van der Waals surface area (Å²) in [6.45, 7) is 6.49. The molecule has 1 heterocycles. The van der Waals surface area contributed by atoms with E-state index in [2.05, 4.69) is 43.4 Å². The van der Waals surface area contributed by atoms with E-state index in [0.29, 0.717) is 12.0 Å². The van der Waals surface area contributed by atoms with Gasteiger partial charge in [0.15, 0.2) is 0 Å². The Bertz CT molecular complexity index is 354. The number of benzene rings is 1. The first-order chi connectivity index (χ1) is 9.29. The fourth-order valence-corrected chi connectivity index (χ4v) is 2.62. The molecule has 2 nitrogen and oxygen atoms in total. The first-order valence-corrected chi connectivity index (χ1v) is 7.75. The van der Waals surface area contributed by atoms with E-state index in [0.717, 1.165) is 18.8 Å². The number of nitrogens with one attached hydrogen (secondary N) is 1. The maximum atomic E-state index is 5.84. The molecule has 1 aromatic rings. The van der Waals surface area contributed by atoms with Crippen LogP contribution < -0.4 is 10.1 Å². The molecular formula is C17H27NO. The quantitative estimate of drug-likeness (QED) is 0.832. The Labute approximate surface area is 117 Å². The Kier molecular flexibility index (Phi) is 5.71. The minimum atomic E-state index is 0.639. The van der Waals surface area contributed by atoms with Crippen LogP contribution in [0.2, 0.25) is 0 Å². The first-order valence-electron chi connectivity index (χ1n) is 7.75. The molecule has 106 valence electrons. The minimum absolute atomic E-state index is 0.639. The zero-order valence-electron chi connectivity index (χ0n) is 12.3. The number of rotatable bonds is 6. The van der Waals surface area contributed by atoms with Crippen LogP contribution in [0.15, 0.2) is 24.3 Å². The van der Waals surface area contributed by atoms with Gasteiger partial charge in [-0.15, -0.1) is 0 Å². The van der Waals surface area contributed by atoms with Crippen molar-refractivity contribution >= 4 is 0 Å². The van der Waals surface area contributed by atoms with Gasteiger partial charge in [-0.1, -0.05) is 32.4 Å². The van der Waals surface area contributed by atoms with Crippen LogP contribution in [0.25, 0.3) is 0 Å². The Hall–Kier alpha value is -1.02. The summed E-state index contributed by atoms with van der Waals surface area (Å²) in [5.74, 6) is 1.64. The molecule has 0 bridgehead atoms. The van der Waals surface area contributed by atoms with Crippen molar-refractivity contribution in [3.8, 4) is 5.75 Å². The van der Waals surface area contributed by atoms with E-state index in [1.54, 1.807) is 0 Å². The smallest absolute Gasteiger partial charge is 0.119 e. The number of ether oxygens (including phenoxy) is 1. The molecule has 2 rings (SSSR count). The lowest BCUT2D eigenvalue weighted by atomic mass is 9.99. The predicted octanol–water partition coefficient (Wildman–Crippen LogP) is 4.11. The van der Waals surface area contributed by atoms with Crippen LogP contribution in [-0.2, 0) is 0 Å². The summed E-state index contributed by atoms with van der Waals surface area (Å²) in [5.41, 5.74) is 1.41. The molecule has 19 heavy (non-hydrogen) atoms. The molecule has 0 aromatic heterocycles. The highest BCUT2D eigenvalue weighted by Gasteiger charge is 2.12. The van der Waals surface area contributed by atoms with Crippen LogP contribution in [0.3, 0.4) is 0 Å². The highest BCUT2D eigenvalue weighted by atomic mass is 16.5. The van der Waals surface area contributed by atoms with E-state index in [1.807, 2.05) is 0 Å². The summed E-state index contributed by atoms with van der Waals surface area (Å²) in [7, 11) is 0. The second-order valence-electron chi connectivity index (χ2n) is 5.66. The standard InChI is InChI=1S/C17H27NO/c1-3-14(2)15-7-9-17(10-8-15)19-13-11-16-6-4-5-12-18-16/h7-10,14,16,18H,3-6,11-13H2,1-2H3/t14-,16-/m1/s1. The van der Waals surface area contributed by atoms with Crippen LogP contribution in [0.1, 0.15) is 57.4 Å². The van der Waals surface area contributed by atoms with Crippen molar-refractivity contribution < 1.29 is 4.74 Å². The van der Waals surface area contributed by atoms with Gasteiger partial charge in [0, 0.05) is 6.04 Å². The van der Waals surface area contributed by atoms with Gasteiger partial charge >= 0.3 is 0 Å². The van der Waals surface area contributed by atoms with E-state index in [1.165, 1.54) is 37.8 Å². The fraction of sp³-hybridized carbons (Fsp3) is 0.647. The summed E-state index contributed by atoms with van der Waals surface area (Å²) in [6, 6.07) is 9.27. The Morgan fingerprint density at radius 2 is 2.05 bits per heavy atom. The second kappa shape index (κ2) is 7.54. The maximum absolute atomic E-state index is 5.84. The molecule has 1 saturated heterocycles. The molecule has 0 unspecified atom stereocenters. The Morgan fingerprint density at radius 1 is 1.26 bits per heavy atom. The highest BCUT2D eigenvalue weighted by Crippen LogP contribution is 2.21. The number of hydrogen-bond acceptors (Lipinski definition) is 2. The molecule has 1 aromatic carbocycles.